The average Bonchev–Trinajstić information content (AvgIpc) is 2.77. The van der Waals surface area contributed by atoms with E-state index in [1.165, 1.54) is 13.0 Å². The number of hydrogen-bond donors (Lipinski definition) is 3. The van der Waals surface area contributed by atoms with Crippen LogP contribution in [-0.2, 0) is 17.8 Å². The van der Waals surface area contributed by atoms with Gasteiger partial charge < -0.3 is 15.8 Å². The number of benzene rings is 1. The van der Waals surface area contributed by atoms with Crippen molar-refractivity contribution in [3.63, 3.8) is 0 Å². The molecule has 0 atom stereocenters. The minimum absolute atomic E-state index is 0.0318. The molecule has 20 heavy (non-hydrogen) atoms. The van der Waals surface area contributed by atoms with Gasteiger partial charge in [0.25, 0.3) is 0 Å². The Balaban J connectivity index is 2.21. The maximum atomic E-state index is 10.9. The summed E-state index contributed by atoms with van der Waals surface area (Å²) in [5.41, 5.74) is 8.97. The van der Waals surface area contributed by atoms with Crippen molar-refractivity contribution in [2.45, 2.75) is 26.4 Å². The molecule has 1 heterocycles. The molecule has 0 bridgehead atoms. The molecule has 0 radical (unpaired) electrons. The molecule has 0 fully saturated rings. The number of nitrogens with one attached hydrogen (secondary N) is 1. The highest BCUT2D eigenvalue weighted by molar-refractivity contribution is 6.32. The van der Waals surface area contributed by atoms with Crippen molar-refractivity contribution in [1.82, 2.24) is 4.98 Å². The van der Waals surface area contributed by atoms with Gasteiger partial charge in [0.05, 0.1) is 6.61 Å². The summed E-state index contributed by atoms with van der Waals surface area (Å²) in [6.07, 6.45) is 2.68. The lowest BCUT2D eigenvalue weighted by atomic mass is 10.1. The minimum Gasteiger partial charge on any atom is -0.402 e. The van der Waals surface area contributed by atoms with E-state index in [-0.39, 0.29) is 12.4 Å². The van der Waals surface area contributed by atoms with Crippen LogP contribution in [0, 0.1) is 0 Å². The molecule has 0 amide bonds. The number of aliphatic hydroxyl groups is 1. The molecule has 0 saturated heterocycles. The summed E-state index contributed by atoms with van der Waals surface area (Å²) in [6, 6.07) is 5.69. The van der Waals surface area contributed by atoms with Gasteiger partial charge in [-0.25, -0.2) is 0 Å². The van der Waals surface area contributed by atoms with E-state index in [2.05, 4.69) is 4.98 Å². The third-order valence-electron chi connectivity index (χ3n) is 3.09. The van der Waals surface area contributed by atoms with Crippen LogP contribution in [0.1, 0.15) is 24.6 Å². The second kappa shape index (κ2) is 6.11. The molecular weight excluding hydrogens is 276 g/mol. The number of rotatable bonds is 5. The second-order valence-corrected chi connectivity index (χ2v) is 5.22. The molecule has 1 aromatic heterocycles. The van der Waals surface area contributed by atoms with Gasteiger partial charge in [-0.1, -0.05) is 11.6 Å². The van der Waals surface area contributed by atoms with Gasteiger partial charge in [0.1, 0.15) is 0 Å². The molecule has 4 nitrogen and oxygen atoms in total. The number of halogens is 1. The third-order valence-corrected chi connectivity index (χ3v) is 3.44. The quantitative estimate of drug-likeness (QED) is 0.741. The number of aryl methyl sites for hydroxylation is 1. The molecule has 0 saturated carbocycles. The smallest absolute Gasteiger partial charge is 0.154 e. The molecule has 1 aromatic carbocycles. The Bertz CT molecular complexity index is 674. The standard InChI is InChI=1S/C15H17ClN2O2/c1-9(20)4-12(17)3-2-10-7-15-11(6-14(10)16)5-13(8-19)18-15/h4-7,18-19H,2-3,8,17H2,1H3/b12-4-. The highest BCUT2D eigenvalue weighted by Crippen LogP contribution is 2.26. The van der Waals surface area contributed by atoms with Crippen LogP contribution in [0.3, 0.4) is 0 Å². The van der Waals surface area contributed by atoms with Crippen molar-refractivity contribution in [1.29, 1.82) is 0 Å². The number of nitrogens with two attached hydrogens (primary N) is 1. The lowest BCUT2D eigenvalue weighted by Gasteiger charge is -2.05. The predicted molar refractivity (Wildman–Crippen MR) is 80.5 cm³/mol. The van der Waals surface area contributed by atoms with Crippen molar-refractivity contribution >= 4 is 28.3 Å². The van der Waals surface area contributed by atoms with Gasteiger partial charge in [-0.05, 0) is 49.6 Å². The van der Waals surface area contributed by atoms with Gasteiger partial charge in [0.2, 0.25) is 0 Å². The first-order valence-electron chi connectivity index (χ1n) is 6.37. The fourth-order valence-electron chi connectivity index (χ4n) is 2.15. The minimum atomic E-state index is -0.0546. The SMILES string of the molecule is CC(=O)/C=C(\N)CCc1cc2[nH]c(CO)cc2cc1Cl. The van der Waals surface area contributed by atoms with E-state index in [1.54, 1.807) is 0 Å². The number of allylic oxidation sites excluding steroid dienone is 2. The van der Waals surface area contributed by atoms with Crippen LogP contribution in [0.2, 0.25) is 5.02 Å². The zero-order chi connectivity index (χ0) is 14.7. The molecule has 0 spiro atoms. The van der Waals surface area contributed by atoms with Gasteiger partial charge in [0.15, 0.2) is 5.78 Å². The maximum Gasteiger partial charge on any atom is 0.154 e. The van der Waals surface area contributed by atoms with E-state index >= 15 is 0 Å². The van der Waals surface area contributed by atoms with Crippen LogP contribution in [0.25, 0.3) is 10.9 Å². The van der Waals surface area contributed by atoms with Crippen LogP contribution in [0.15, 0.2) is 30.0 Å². The Hall–Kier alpha value is -1.78. The first-order chi connectivity index (χ1) is 9.49. The lowest BCUT2D eigenvalue weighted by molar-refractivity contribution is -0.112. The van der Waals surface area contributed by atoms with E-state index < -0.39 is 0 Å². The van der Waals surface area contributed by atoms with Crippen LogP contribution >= 0.6 is 11.6 Å². The van der Waals surface area contributed by atoms with E-state index in [1.807, 2.05) is 18.2 Å². The maximum absolute atomic E-state index is 10.9. The average molecular weight is 293 g/mol. The molecular formula is C15H17ClN2O2. The molecule has 106 valence electrons. The monoisotopic (exact) mass is 292 g/mol. The normalized spacial score (nSPS) is 12.1. The zero-order valence-corrected chi connectivity index (χ0v) is 12.0. The second-order valence-electron chi connectivity index (χ2n) is 4.81. The van der Waals surface area contributed by atoms with Crippen molar-refractivity contribution in [2.24, 2.45) is 5.73 Å². The number of ketones is 1. The van der Waals surface area contributed by atoms with E-state index in [0.717, 1.165) is 22.2 Å². The summed E-state index contributed by atoms with van der Waals surface area (Å²) >= 11 is 6.24. The fourth-order valence-corrected chi connectivity index (χ4v) is 2.41. The molecule has 2 aromatic rings. The fraction of sp³-hybridized carbons (Fsp3) is 0.267. The van der Waals surface area contributed by atoms with Crippen molar-refractivity contribution in [3.8, 4) is 0 Å². The first-order valence-corrected chi connectivity index (χ1v) is 6.75. The van der Waals surface area contributed by atoms with Crippen molar-refractivity contribution < 1.29 is 9.90 Å². The number of aromatic nitrogens is 1. The van der Waals surface area contributed by atoms with Crippen LogP contribution < -0.4 is 5.73 Å². The first kappa shape index (κ1) is 14.6. The Kier molecular flexibility index (Phi) is 4.47. The number of aliphatic hydroxyl groups excluding tert-OH is 1. The van der Waals surface area contributed by atoms with E-state index in [4.69, 9.17) is 22.4 Å². The highest BCUT2D eigenvalue weighted by Gasteiger charge is 2.07. The summed E-state index contributed by atoms with van der Waals surface area (Å²) < 4.78 is 0. The topological polar surface area (TPSA) is 79.1 Å². The van der Waals surface area contributed by atoms with E-state index in [9.17, 15) is 4.79 Å². The molecule has 0 aliphatic rings. The van der Waals surface area contributed by atoms with Crippen LogP contribution in [0.4, 0.5) is 0 Å². The van der Waals surface area contributed by atoms with Gasteiger partial charge in [-0.3, -0.25) is 4.79 Å². The Labute approximate surface area is 122 Å². The summed E-state index contributed by atoms with van der Waals surface area (Å²) in [5, 5.41) is 10.7. The number of H-pyrrole nitrogens is 1. The molecule has 4 N–H and O–H groups in total. The highest BCUT2D eigenvalue weighted by atomic mass is 35.5. The Morgan fingerprint density at radius 3 is 2.85 bits per heavy atom. The third kappa shape index (κ3) is 3.40. The largest absolute Gasteiger partial charge is 0.402 e. The van der Waals surface area contributed by atoms with Crippen molar-refractivity contribution in [3.05, 3.63) is 46.3 Å². The molecule has 0 aliphatic carbocycles. The van der Waals surface area contributed by atoms with Gasteiger partial charge in [-0.15, -0.1) is 0 Å². The Morgan fingerprint density at radius 1 is 1.45 bits per heavy atom. The summed E-state index contributed by atoms with van der Waals surface area (Å²) in [4.78, 5) is 14.1. The van der Waals surface area contributed by atoms with Gasteiger partial charge in [-0.2, -0.15) is 0 Å². The number of hydrogen-bond acceptors (Lipinski definition) is 3. The number of carbonyl (C=O) groups is 1. The molecule has 5 heteroatoms. The lowest BCUT2D eigenvalue weighted by Crippen LogP contribution is -2.02. The summed E-state index contributed by atoms with van der Waals surface area (Å²) in [5.74, 6) is -0.0546. The van der Waals surface area contributed by atoms with Gasteiger partial charge >= 0.3 is 0 Å². The van der Waals surface area contributed by atoms with Gasteiger partial charge in [0, 0.05) is 27.3 Å². The number of fused-ring (bicyclic) bond motifs is 1. The van der Waals surface area contributed by atoms with E-state index in [0.29, 0.717) is 23.6 Å². The Morgan fingerprint density at radius 2 is 2.20 bits per heavy atom. The van der Waals surface area contributed by atoms with Crippen molar-refractivity contribution in [2.75, 3.05) is 0 Å². The molecule has 0 aliphatic heterocycles. The number of carbonyl (C=O) groups excluding carboxylic acids is 1. The predicted octanol–water partition coefficient (Wildman–Crippen LogP) is 2.68. The van der Waals surface area contributed by atoms with Crippen LogP contribution in [0.5, 0.6) is 0 Å². The van der Waals surface area contributed by atoms with Crippen LogP contribution in [-0.4, -0.2) is 15.9 Å². The summed E-state index contributed by atoms with van der Waals surface area (Å²) in [7, 11) is 0. The summed E-state index contributed by atoms with van der Waals surface area (Å²) in [6.45, 7) is 1.44. The molecule has 0 unspecified atom stereocenters. The zero-order valence-electron chi connectivity index (χ0n) is 11.2. The number of aromatic amines is 1. The molecule has 2 rings (SSSR count).